The van der Waals surface area contributed by atoms with Gasteiger partial charge in [-0.3, -0.25) is 13.9 Å². The average Bonchev–Trinajstić information content (AvgIpc) is 2.70. The van der Waals surface area contributed by atoms with Crippen LogP contribution in [-0.4, -0.2) is 51.0 Å². The van der Waals surface area contributed by atoms with Crippen LogP contribution in [0.3, 0.4) is 0 Å². The Morgan fingerprint density at radius 1 is 1.03 bits per heavy atom. The maximum atomic E-state index is 13.4. The zero-order valence-electron chi connectivity index (χ0n) is 19.0. The van der Waals surface area contributed by atoms with Crippen LogP contribution in [0.15, 0.2) is 42.5 Å². The largest absolute Gasteiger partial charge is 0.357 e. The maximum absolute atomic E-state index is 13.4. The molecule has 2 aromatic carbocycles. The zero-order valence-corrected chi connectivity index (χ0v) is 19.8. The zero-order chi connectivity index (χ0) is 23.3. The molecule has 1 atom stereocenters. The molecule has 0 aromatic heterocycles. The summed E-state index contributed by atoms with van der Waals surface area (Å²) < 4.78 is 26.3. The molecule has 0 fully saturated rings. The molecule has 2 aromatic rings. The number of aryl methyl sites for hydroxylation is 3. The van der Waals surface area contributed by atoms with E-state index in [1.807, 2.05) is 50.2 Å². The van der Waals surface area contributed by atoms with Gasteiger partial charge in [0.25, 0.3) is 0 Å². The van der Waals surface area contributed by atoms with Crippen molar-refractivity contribution in [3.8, 4) is 0 Å². The smallest absolute Gasteiger partial charge is 0.244 e. The Morgan fingerprint density at radius 2 is 1.68 bits per heavy atom. The van der Waals surface area contributed by atoms with Crippen molar-refractivity contribution in [2.24, 2.45) is 0 Å². The molecule has 0 bridgehead atoms. The van der Waals surface area contributed by atoms with Gasteiger partial charge in [-0.2, -0.15) is 0 Å². The topological polar surface area (TPSA) is 86.8 Å². The third kappa shape index (κ3) is 6.30. The third-order valence-electron chi connectivity index (χ3n) is 5.16. The fraction of sp³-hybridized carbons (Fsp3) is 0.391. The van der Waals surface area contributed by atoms with Gasteiger partial charge in [-0.1, -0.05) is 42.0 Å². The van der Waals surface area contributed by atoms with Gasteiger partial charge >= 0.3 is 0 Å². The van der Waals surface area contributed by atoms with Gasteiger partial charge in [0.2, 0.25) is 21.8 Å². The van der Waals surface area contributed by atoms with Gasteiger partial charge in [0.1, 0.15) is 12.6 Å². The molecular weight excluding hydrogens is 414 g/mol. The van der Waals surface area contributed by atoms with E-state index in [-0.39, 0.29) is 12.5 Å². The van der Waals surface area contributed by atoms with Gasteiger partial charge in [-0.15, -0.1) is 0 Å². The average molecular weight is 446 g/mol. The summed E-state index contributed by atoms with van der Waals surface area (Å²) in [6.45, 7) is 7.05. The SMILES string of the molecule is CNC(=O)C(C)N(Cc1cccc(C)c1)C(=O)CN(c1cc(C)ccc1C)S(C)(=O)=O. The Balaban J connectivity index is 2.43. The molecule has 0 aliphatic rings. The first-order valence-electron chi connectivity index (χ1n) is 10.1. The molecule has 0 aliphatic carbocycles. The minimum Gasteiger partial charge on any atom is -0.357 e. The van der Waals surface area contributed by atoms with Crippen molar-refractivity contribution in [1.82, 2.24) is 10.2 Å². The predicted octanol–water partition coefficient (Wildman–Crippen LogP) is 2.54. The van der Waals surface area contributed by atoms with E-state index in [2.05, 4.69) is 5.32 Å². The van der Waals surface area contributed by atoms with E-state index in [9.17, 15) is 18.0 Å². The third-order valence-corrected chi connectivity index (χ3v) is 6.29. The lowest BCUT2D eigenvalue weighted by molar-refractivity contribution is -0.139. The summed E-state index contributed by atoms with van der Waals surface area (Å²) in [6.07, 6.45) is 1.08. The monoisotopic (exact) mass is 445 g/mol. The van der Waals surface area contributed by atoms with Crippen LogP contribution in [0.2, 0.25) is 0 Å². The van der Waals surface area contributed by atoms with Gasteiger partial charge < -0.3 is 10.2 Å². The number of carbonyl (C=O) groups excluding carboxylic acids is 2. The molecule has 0 saturated carbocycles. The van der Waals surface area contributed by atoms with Crippen molar-refractivity contribution in [3.05, 3.63) is 64.7 Å². The van der Waals surface area contributed by atoms with Gasteiger partial charge in [0.05, 0.1) is 11.9 Å². The van der Waals surface area contributed by atoms with Crippen molar-refractivity contribution >= 4 is 27.5 Å². The van der Waals surface area contributed by atoms with Crippen molar-refractivity contribution < 1.29 is 18.0 Å². The summed E-state index contributed by atoms with van der Waals surface area (Å²) in [6, 6.07) is 12.3. The molecule has 8 heteroatoms. The Kier molecular flexibility index (Phi) is 7.84. The molecular formula is C23H31N3O4S. The second-order valence-electron chi connectivity index (χ2n) is 7.86. The molecule has 0 saturated heterocycles. The highest BCUT2D eigenvalue weighted by Gasteiger charge is 2.30. The number of rotatable bonds is 8. The Labute approximate surface area is 185 Å². The second-order valence-corrected chi connectivity index (χ2v) is 9.77. The van der Waals surface area contributed by atoms with Crippen LogP contribution >= 0.6 is 0 Å². The normalized spacial score (nSPS) is 12.2. The molecule has 1 N–H and O–H groups in total. The molecule has 2 rings (SSSR count). The molecule has 0 aliphatic heterocycles. The van der Waals surface area contributed by atoms with Crippen LogP contribution in [0.1, 0.15) is 29.2 Å². The van der Waals surface area contributed by atoms with Crippen LogP contribution in [0.25, 0.3) is 0 Å². The summed E-state index contributed by atoms with van der Waals surface area (Å²) in [7, 11) is -2.22. The fourth-order valence-corrected chi connectivity index (χ4v) is 4.28. The highest BCUT2D eigenvalue weighted by molar-refractivity contribution is 7.92. The lowest BCUT2D eigenvalue weighted by Crippen LogP contribution is -2.50. The minimum absolute atomic E-state index is 0.194. The first-order chi connectivity index (χ1) is 14.4. The van der Waals surface area contributed by atoms with E-state index in [1.165, 1.54) is 11.9 Å². The number of benzene rings is 2. The van der Waals surface area contributed by atoms with Crippen LogP contribution < -0.4 is 9.62 Å². The van der Waals surface area contributed by atoms with Gasteiger partial charge in [0, 0.05) is 13.6 Å². The summed E-state index contributed by atoms with van der Waals surface area (Å²) in [5.41, 5.74) is 3.98. The standard InChI is InChI=1S/C23H31N3O4S/c1-16-8-7-9-20(12-16)14-25(19(4)23(28)24-5)22(27)15-26(31(6,29)30)21-13-17(2)10-11-18(21)3/h7-13,19H,14-15H2,1-6H3,(H,24,28). The van der Waals surface area contributed by atoms with Crippen LogP contribution in [0.4, 0.5) is 5.69 Å². The Bertz CT molecular complexity index is 1070. The molecule has 7 nitrogen and oxygen atoms in total. The predicted molar refractivity (Wildman–Crippen MR) is 123 cm³/mol. The van der Waals surface area contributed by atoms with Crippen LogP contribution in [-0.2, 0) is 26.2 Å². The van der Waals surface area contributed by atoms with E-state index in [0.29, 0.717) is 5.69 Å². The Hall–Kier alpha value is -2.87. The molecule has 2 amide bonds. The number of hydrogen-bond acceptors (Lipinski definition) is 4. The molecule has 31 heavy (non-hydrogen) atoms. The first-order valence-corrected chi connectivity index (χ1v) is 11.9. The second kappa shape index (κ2) is 9.96. The fourth-order valence-electron chi connectivity index (χ4n) is 3.38. The number of nitrogens with zero attached hydrogens (tertiary/aromatic N) is 2. The van der Waals surface area contributed by atoms with Crippen LogP contribution in [0.5, 0.6) is 0 Å². The first kappa shape index (κ1) is 24.4. The molecule has 1 unspecified atom stereocenters. The lowest BCUT2D eigenvalue weighted by Gasteiger charge is -2.31. The number of amides is 2. The lowest BCUT2D eigenvalue weighted by atomic mass is 10.1. The summed E-state index contributed by atoms with van der Waals surface area (Å²) in [4.78, 5) is 27.1. The maximum Gasteiger partial charge on any atom is 0.244 e. The number of anilines is 1. The van der Waals surface area contributed by atoms with Crippen molar-refractivity contribution in [1.29, 1.82) is 0 Å². The van der Waals surface area contributed by atoms with Crippen LogP contribution in [0, 0.1) is 20.8 Å². The molecule has 0 radical (unpaired) electrons. The molecule has 0 heterocycles. The number of nitrogens with one attached hydrogen (secondary N) is 1. The van der Waals surface area contributed by atoms with Gasteiger partial charge in [-0.25, -0.2) is 8.42 Å². The van der Waals surface area contributed by atoms with Gasteiger partial charge in [-0.05, 0) is 50.5 Å². The molecule has 168 valence electrons. The van der Waals surface area contributed by atoms with E-state index >= 15 is 0 Å². The summed E-state index contributed by atoms with van der Waals surface area (Å²) >= 11 is 0. The number of likely N-dealkylation sites (N-methyl/N-ethyl adjacent to an activating group) is 1. The highest BCUT2D eigenvalue weighted by atomic mass is 32.2. The summed E-state index contributed by atoms with van der Waals surface area (Å²) in [5, 5.41) is 2.56. The number of hydrogen-bond donors (Lipinski definition) is 1. The quantitative estimate of drug-likeness (QED) is 0.677. The van der Waals surface area contributed by atoms with E-state index in [4.69, 9.17) is 0 Å². The number of sulfonamides is 1. The summed E-state index contributed by atoms with van der Waals surface area (Å²) in [5.74, 6) is -0.775. The van der Waals surface area contributed by atoms with Gasteiger partial charge in [0.15, 0.2) is 0 Å². The van der Waals surface area contributed by atoms with E-state index in [0.717, 1.165) is 32.8 Å². The van der Waals surface area contributed by atoms with Crippen molar-refractivity contribution in [2.75, 3.05) is 24.2 Å². The molecule has 0 spiro atoms. The Morgan fingerprint density at radius 3 is 2.26 bits per heavy atom. The number of carbonyl (C=O) groups is 2. The minimum atomic E-state index is -3.73. The van der Waals surface area contributed by atoms with E-state index < -0.39 is 28.5 Å². The van der Waals surface area contributed by atoms with Crippen molar-refractivity contribution in [2.45, 2.75) is 40.3 Å². The van der Waals surface area contributed by atoms with E-state index in [1.54, 1.807) is 19.9 Å². The highest BCUT2D eigenvalue weighted by Crippen LogP contribution is 2.24. The van der Waals surface area contributed by atoms with Crippen molar-refractivity contribution in [3.63, 3.8) is 0 Å².